The van der Waals surface area contributed by atoms with Gasteiger partial charge < -0.3 is 9.57 Å². The van der Waals surface area contributed by atoms with Crippen LogP contribution in [0, 0.1) is 6.92 Å². The van der Waals surface area contributed by atoms with Gasteiger partial charge in [0.25, 0.3) is 0 Å². The van der Waals surface area contributed by atoms with E-state index in [4.69, 9.17) is 15.5 Å². The molecule has 20 heavy (non-hydrogen) atoms. The number of hydrogen-bond donors (Lipinski definition) is 1. The number of aryl methyl sites for hydroxylation is 1. The van der Waals surface area contributed by atoms with Crippen LogP contribution in [0.3, 0.4) is 0 Å². The van der Waals surface area contributed by atoms with Gasteiger partial charge in [0.05, 0.1) is 18.7 Å². The van der Waals surface area contributed by atoms with E-state index in [1.165, 1.54) is 0 Å². The molecule has 0 spiro atoms. The van der Waals surface area contributed by atoms with Gasteiger partial charge in [0, 0.05) is 17.1 Å². The molecule has 1 aliphatic heterocycles. The summed E-state index contributed by atoms with van der Waals surface area (Å²) in [6.07, 6.45) is 0.565. The largest absolute Gasteiger partial charge is 0.411 e. The molecular weight excluding hydrogens is 259 g/mol. The van der Waals surface area contributed by atoms with Crippen molar-refractivity contribution < 1.29 is 14.0 Å². The fraction of sp³-hybridized carbons (Fsp3) is 0.267. The van der Waals surface area contributed by atoms with Crippen molar-refractivity contribution in [1.82, 2.24) is 4.98 Å². The molecule has 2 aromatic rings. The Morgan fingerprint density at radius 1 is 1.35 bits per heavy atom. The second-order valence-corrected chi connectivity index (χ2v) is 4.80. The van der Waals surface area contributed by atoms with Gasteiger partial charge in [-0.05, 0) is 36.6 Å². The number of fused-ring (bicyclic) bond motifs is 1. The maximum Gasteiger partial charge on any atom is 0.158 e. The quantitative estimate of drug-likeness (QED) is 0.855. The Labute approximate surface area is 116 Å². The highest BCUT2D eigenvalue weighted by molar-refractivity contribution is 5.89. The van der Waals surface area contributed by atoms with E-state index in [1.54, 1.807) is 6.07 Å². The minimum Gasteiger partial charge on any atom is -0.411 e. The molecule has 0 bridgehead atoms. The zero-order valence-corrected chi connectivity index (χ0v) is 11.1. The molecule has 0 aliphatic carbocycles. The first-order valence-corrected chi connectivity index (χ1v) is 6.43. The zero-order valence-electron chi connectivity index (χ0n) is 11.1. The molecule has 0 amide bonds. The summed E-state index contributed by atoms with van der Waals surface area (Å²) in [4.78, 5) is 9.32. The summed E-state index contributed by atoms with van der Waals surface area (Å²) in [7, 11) is 0. The van der Waals surface area contributed by atoms with Crippen molar-refractivity contribution in [2.45, 2.75) is 13.3 Å². The average Bonchev–Trinajstić information content (AvgIpc) is 2.46. The Morgan fingerprint density at radius 2 is 2.20 bits per heavy atom. The molecule has 1 aromatic heterocycles. The van der Waals surface area contributed by atoms with Crippen molar-refractivity contribution in [2.75, 3.05) is 13.2 Å². The lowest BCUT2D eigenvalue weighted by molar-refractivity contribution is 0.137. The van der Waals surface area contributed by atoms with Crippen molar-refractivity contribution in [2.24, 2.45) is 5.90 Å². The van der Waals surface area contributed by atoms with Crippen LogP contribution in [-0.2, 0) is 4.74 Å². The fourth-order valence-corrected chi connectivity index (χ4v) is 2.47. The summed E-state index contributed by atoms with van der Waals surface area (Å²) >= 11 is 0. The molecule has 0 radical (unpaired) electrons. The van der Waals surface area contributed by atoms with Crippen molar-refractivity contribution in [1.29, 1.82) is 0 Å². The summed E-state index contributed by atoms with van der Waals surface area (Å²) in [6, 6.07) is 7.36. The zero-order chi connectivity index (χ0) is 14.1. The predicted octanol–water partition coefficient (Wildman–Crippen LogP) is 2.90. The highest BCUT2D eigenvalue weighted by Gasteiger charge is 2.16. The molecule has 0 saturated heterocycles. The third kappa shape index (κ3) is 2.26. The van der Waals surface area contributed by atoms with Gasteiger partial charge in [-0.1, -0.05) is 6.07 Å². The fourth-order valence-electron chi connectivity index (χ4n) is 2.47. The van der Waals surface area contributed by atoms with Crippen molar-refractivity contribution in [3.05, 3.63) is 41.3 Å². The van der Waals surface area contributed by atoms with E-state index >= 15 is 0 Å². The molecule has 0 atom stereocenters. The maximum atomic E-state index is 13.9. The van der Waals surface area contributed by atoms with Crippen molar-refractivity contribution in [3.8, 4) is 5.75 Å². The number of rotatable bonds is 2. The molecule has 1 aromatic carbocycles. The summed E-state index contributed by atoms with van der Waals surface area (Å²) in [5, 5.41) is 0.780. The number of ether oxygens (including phenoxy) is 1. The molecule has 0 fully saturated rings. The predicted molar refractivity (Wildman–Crippen MR) is 74.8 cm³/mol. The molecule has 2 N–H and O–H groups in total. The van der Waals surface area contributed by atoms with Crippen LogP contribution >= 0.6 is 0 Å². The summed E-state index contributed by atoms with van der Waals surface area (Å²) in [5.41, 5.74) is 3.10. The van der Waals surface area contributed by atoms with Crippen LogP contribution < -0.4 is 10.7 Å². The topological polar surface area (TPSA) is 57.4 Å². The maximum absolute atomic E-state index is 13.9. The normalized spacial score (nSPS) is 15.8. The molecule has 104 valence electrons. The second-order valence-electron chi connectivity index (χ2n) is 4.80. The summed E-state index contributed by atoms with van der Waals surface area (Å²) in [6.45, 7) is 2.45. The molecule has 1 aliphatic rings. The number of benzene rings is 1. The van der Waals surface area contributed by atoms with Gasteiger partial charge in [-0.2, -0.15) is 5.90 Å². The lowest BCUT2D eigenvalue weighted by Crippen LogP contribution is -2.08. The summed E-state index contributed by atoms with van der Waals surface area (Å²) in [5.74, 6) is 5.63. The van der Waals surface area contributed by atoms with Crippen molar-refractivity contribution >= 4 is 16.5 Å². The van der Waals surface area contributed by atoms with Gasteiger partial charge in [-0.15, -0.1) is 0 Å². The van der Waals surface area contributed by atoms with Gasteiger partial charge in [0.1, 0.15) is 5.83 Å². The first-order valence-electron chi connectivity index (χ1n) is 6.43. The first kappa shape index (κ1) is 13.0. The number of hydrogen-bond acceptors (Lipinski definition) is 4. The van der Waals surface area contributed by atoms with Crippen LogP contribution in [0.4, 0.5) is 4.39 Å². The number of nitrogens with zero attached hydrogens (tertiary/aromatic N) is 1. The van der Waals surface area contributed by atoms with E-state index in [1.807, 2.05) is 25.1 Å². The van der Waals surface area contributed by atoms with Gasteiger partial charge >= 0.3 is 0 Å². The molecular formula is C15H15FN2O2. The Kier molecular flexibility index (Phi) is 3.38. The molecule has 2 heterocycles. The van der Waals surface area contributed by atoms with Crippen LogP contribution in [0.1, 0.15) is 17.7 Å². The van der Waals surface area contributed by atoms with E-state index in [-0.39, 0.29) is 12.4 Å². The lowest BCUT2D eigenvalue weighted by Gasteiger charge is -2.16. The highest BCUT2D eigenvalue weighted by Crippen LogP contribution is 2.32. The number of halogens is 1. The lowest BCUT2D eigenvalue weighted by atomic mass is 9.98. The Bertz CT molecular complexity index is 698. The van der Waals surface area contributed by atoms with Crippen LogP contribution in [0.15, 0.2) is 30.1 Å². The summed E-state index contributed by atoms with van der Waals surface area (Å²) < 4.78 is 19.0. The van der Waals surface area contributed by atoms with Crippen LogP contribution in [-0.4, -0.2) is 18.2 Å². The third-order valence-electron chi connectivity index (χ3n) is 3.43. The molecule has 4 nitrogen and oxygen atoms in total. The number of aromatic nitrogens is 1. The minimum absolute atomic E-state index is 0.0414. The molecule has 5 heteroatoms. The SMILES string of the molecule is Cc1cc(ON)c2cc(C3=C(F)COCC3)ccc2n1. The van der Waals surface area contributed by atoms with Crippen LogP contribution in [0.5, 0.6) is 5.75 Å². The van der Waals surface area contributed by atoms with Gasteiger partial charge in [0.2, 0.25) is 0 Å². The average molecular weight is 274 g/mol. The van der Waals surface area contributed by atoms with Gasteiger partial charge in [-0.3, -0.25) is 4.98 Å². The molecule has 3 rings (SSSR count). The van der Waals surface area contributed by atoms with E-state index in [9.17, 15) is 4.39 Å². The second kappa shape index (κ2) is 5.19. The Balaban J connectivity index is 2.17. The molecule has 0 unspecified atom stereocenters. The minimum atomic E-state index is -0.217. The standard InChI is InChI=1S/C15H15FN2O2/c1-9-6-15(20-17)12-7-10(2-3-14(12)18-9)11-4-5-19-8-13(11)16/h2-3,6-7H,4-5,8,17H2,1H3. The van der Waals surface area contributed by atoms with E-state index in [2.05, 4.69) is 4.98 Å². The van der Waals surface area contributed by atoms with Crippen LogP contribution in [0.2, 0.25) is 0 Å². The first-order chi connectivity index (χ1) is 9.69. The number of nitrogens with two attached hydrogens (primary N) is 1. The van der Waals surface area contributed by atoms with Gasteiger partial charge in [0.15, 0.2) is 5.75 Å². The van der Waals surface area contributed by atoms with Crippen LogP contribution in [0.25, 0.3) is 16.5 Å². The number of pyridine rings is 1. The van der Waals surface area contributed by atoms with E-state index in [0.29, 0.717) is 24.4 Å². The smallest absolute Gasteiger partial charge is 0.158 e. The van der Waals surface area contributed by atoms with E-state index in [0.717, 1.165) is 22.2 Å². The Morgan fingerprint density at radius 3 is 2.95 bits per heavy atom. The van der Waals surface area contributed by atoms with Gasteiger partial charge in [-0.25, -0.2) is 4.39 Å². The monoisotopic (exact) mass is 274 g/mol. The van der Waals surface area contributed by atoms with Crippen molar-refractivity contribution in [3.63, 3.8) is 0 Å². The Hall–Kier alpha value is -1.98. The molecule has 0 saturated carbocycles. The third-order valence-corrected chi connectivity index (χ3v) is 3.43. The van der Waals surface area contributed by atoms with E-state index < -0.39 is 0 Å². The highest BCUT2D eigenvalue weighted by atomic mass is 19.1.